The van der Waals surface area contributed by atoms with Gasteiger partial charge in [0.05, 0.1) is 11.0 Å². The van der Waals surface area contributed by atoms with Crippen molar-refractivity contribution in [3.8, 4) is 0 Å². The molecule has 2 aromatic heterocycles. The lowest BCUT2D eigenvalue weighted by atomic mass is 10.3. The van der Waals surface area contributed by atoms with Crippen LogP contribution in [0.1, 0.15) is 10.5 Å². The summed E-state index contributed by atoms with van der Waals surface area (Å²) < 4.78 is 0.512. The minimum absolute atomic E-state index is 0.0166. The number of hydrogen-bond acceptors (Lipinski definition) is 3. The molecule has 0 aliphatic rings. The predicted molar refractivity (Wildman–Crippen MR) is 69.4 cm³/mol. The number of imidazole rings is 1. The van der Waals surface area contributed by atoms with Crippen LogP contribution in [0.25, 0.3) is 11.0 Å². The number of carbonyl (C=O) groups excluding carboxylic acids is 1. The summed E-state index contributed by atoms with van der Waals surface area (Å²) in [5, 5.41) is 14.0. The van der Waals surface area contributed by atoms with Crippen LogP contribution >= 0.6 is 0 Å². The molecule has 0 saturated carbocycles. The summed E-state index contributed by atoms with van der Waals surface area (Å²) in [4.78, 5) is 19.1. The molecule has 0 unspecified atom stereocenters. The molecule has 6 heteroatoms. The van der Waals surface area contributed by atoms with Crippen molar-refractivity contribution in [3.63, 3.8) is 0 Å². The van der Waals surface area contributed by atoms with Gasteiger partial charge in [0.15, 0.2) is 6.20 Å². The Kier molecular flexibility index (Phi) is 2.60. The van der Waals surface area contributed by atoms with Crippen LogP contribution in [0, 0.1) is 5.21 Å². The standard InChI is InChI=1S/C13H10N4O2/c18-12(11-7-3-4-8-17(11)19)16-13-14-9-5-1-2-6-10(9)15-13/h1-8H,(H2,14,15,16,18). The molecule has 3 aromatic rings. The molecule has 0 bridgehead atoms. The largest absolute Gasteiger partial charge is 0.618 e. The molecular formula is C13H10N4O2. The highest BCUT2D eigenvalue weighted by Crippen LogP contribution is 2.13. The second-order valence-corrected chi connectivity index (χ2v) is 3.97. The molecule has 0 aliphatic heterocycles. The number of rotatable bonds is 2. The summed E-state index contributed by atoms with van der Waals surface area (Å²) in [5.41, 5.74) is 1.59. The Labute approximate surface area is 108 Å². The first-order valence-electron chi connectivity index (χ1n) is 5.68. The molecule has 3 rings (SSSR count). The fourth-order valence-corrected chi connectivity index (χ4v) is 1.79. The van der Waals surface area contributed by atoms with E-state index in [9.17, 15) is 10.0 Å². The molecule has 0 atom stereocenters. The first kappa shape index (κ1) is 11.2. The van der Waals surface area contributed by atoms with Crippen LogP contribution in [0.5, 0.6) is 0 Å². The molecule has 0 radical (unpaired) electrons. The Balaban J connectivity index is 1.89. The Morgan fingerprint density at radius 2 is 2.00 bits per heavy atom. The number of carbonyl (C=O) groups is 1. The number of aromatic amines is 1. The maximum atomic E-state index is 11.9. The van der Waals surface area contributed by atoms with Gasteiger partial charge in [-0.25, -0.2) is 4.98 Å². The molecule has 0 saturated heterocycles. The molecular weight excluding hydrogens is 244 g/mol. The van der Waals surface area contributed by atoms with E-state index in [-0.39, 0.29) is 5.69 Å². The lowest BCUT2D eigenvalue weighted by molar-refractivity contribution is -0.607. The summed E-state index contributed by atoms with van der Waals surface area (Å²) in [7, 11) is 0. The molecule has 6 nitrogen and oxygen atoms in total. The number of benzene rings is 1. The van der Waals surface area contributed by atoms with Gasteiger partial charge in [0.25, 0.3) is 5.69 Å². The van der Waals surface area contributed by atoms with E-state index >= 15 is 0 Å². The van der Waals surface area contributed by atoms with Crippen LogP contribution in [0.15, 0.2) is 48.7 Å². The van der Waals surface area contributed by atoms with Crippen LogP contribution in [0.4, 0.5) is 5.95 Å². The summed E-state index contributed by atoms with van der Waals surface area (Å²) in [5.74, 6) is -0.190. The molecule has 0 spiro atoms. The number of anilines is 1. The topological polar surface area (TPSA) is 84.7 Å². The second kappa shape index (κ2) is 4.41. The highest BCUT2D eigenvalue weighted by Gasteiger charge is 2.16. The summed E-state index contributed by atoms with van der Waals surface area (Å²) in [6, 6.07) is 12.1. The van der Waals surface area contributed by atoms with Crippen molar-refractivity contribution in [2.45, 2.75) is 0 Å². The van der Waals surface area contributed by atoms with Gasteiger partial charge in [-0.2, -0.15) is 4.73 Å². The lowest BCUT2D eigenvalue weighted by Gasteiger charge is -2.02. The third-order valence-corrected chi connectivity index (χ3v) is 2.68. The van der Waals surface area contributed by atoms with E-state index in [2.05, 4.69) is 15.3 Å². The number of aromatic nitrogens is 3. The van der Waals surface area contributed by atoms with Gasteiger partial charge in [-0.1, -0.05) is 12.1 Å². The van der Waals surface area contributed by atoms with Gasteiger partial charge in [0.1, 0.15) is 0 Å². The van der Waals surface area contributed by atoms with Crippen LogP contribution in [-0.2, 0) is 0 Å². The number of nitrogens with zero attached hydrogens (tertiary/aromatic N) is 2. The van der Waals surface area contributed by atoms with Crippen molar-refractivity contribution >= 4 is 22.9 Å². The van der Waals surface area contributed by atoms with E-state index in [1.807, 2.05) is 24.3 Å². The number of hydrogen-bond donors (Lipinski definition) is 2. The zero-order valence-electron chi connectivity index (χ0n) is 9.83. The van der Waals surface area contributed by atoms with Crippen LogP contribution in [0.3, 0.4) is 0 Å². The zero-order valence-corrected chi connectivity index (χ0v) is 9.83. The van der Waals surface area contributed by atoms with Crippen molar-refractivity contribution in [3.05, 3.63) is 59.6 Å². The Morgan fingerprint density at radius 3 is 2.79 bits per heavy atom. The normalized spacial score (nSPS) is 10.5. The Morgan fingerprint density at radius 1 is 1.21 bits per heavy atom. The van der Waals surface area contributed by atoms with E-state index in [0.29, 0.717) is 10.7 Å². The van der Waals surface area contributed by atoms with Crippen molar-refractivity contribution in [1.29, 1.82) is 0 Å². The zero-order chi connectivity index (χ0) is 13.2. The summed E-state index contributed by atoms with van der Waals surface area (Å²) >= 11 is 0. The first-order chi connectivity index (χ1) is 9.24. The van der Waals surface area contributed by atoms with Gasteiger partial charge >= 0.3 is 5.91 Å². The molecule has 19 heavy (non-hydrogen) atoms. The van der Waals surface area contributed by atoms with Gasteiger partial charge in [0.2, 0.25) is 5.95 Å². The number of nitrogens with one attached hydrogen (secondary N) is 2. The van der Waals surface area contributed by atoms with Crippen molar-refractivity contribution in [1.82, 2.24) is 9.97 Å². The van der Waals surface area contributed by atoms with Gasteiger partial charge < -0.3 is 10.2 Å². The average Bonchev–Trinajstić information content (AvgIpc) is 2.81. The fraction of sp³-hybridized carbons (Fsp3) is 0. The number of amides is 1. The molecule has 0 aliphatic carbocycles. The maximum Gasteiger partial charge on any atom is 0.324 e. The quantitative estimate of drug-likeness (QED) is 0.536. The Bertz CT molecular complexity index is 718. The predicted octanol–water partition coefficient (Wildman–Crippen LogP) is 1.45. The molecule has 0 fully saturated rings. The second-order valence-electron chi connectivity index (χ2n) is 3.97. The molecule has 1 aromatic carbocycles. The van der Waals surface area contributed by atoms with Crippen LogP contribution in [-0.4, -0.2) is 15.9 Å². The maximum absolute atomic E-state index is 11.9. The van der Waals surface area contributed by atoms with Gasteiger partial charge in [0, 0.05) is 12.1 Å². The SMILES string of the molecule is O=C(Nc1nc2ccccc2[nH]1)c1cccc[n+]1[O-]. The van der Waals surface area contributed by atoms with E-state index in [1.165, 1.54) is 12.3 Å². The summed E-state index contributed by atoms with van der Waals surface area (Å²) in [6.07, 6.45) is 1.27. The van der Waals surface area contributed by atoms with Gasteiger partial charge in [-0.15, -0.1) is 0 Å². The minimum Gasteiger partial charge on any atom is -0.618 e. The first-order valence-corrected chi connectivity index (χ1v) is 5.68. The summed E-state index contributed by atoms with van der Waals surface area (Å²) in [6.45, 7) is 0. The number of para-hydroxylation sites is 2. The van der Waals surface area contributed by atoms with Gasteiger partial charge in [-0.05, 0) is 18.2 Å². The molecule has 2 heterocycles. The van der Waals surface area contributed by atoms with Crippen LogP contribution < -0.4 is 10.0 Å². The number of pyridine rings is 1. The Hall–Kier alpha value is -2.89. The third kappa shape index (κ3) is 2.11. The van der Waals surface area contributed by atoms with E-state index in [1.54, 1.807) is 12.1 Å². The highest BCUT2D eigenvalue weighted by molar-refractivity contribution is 6.01. The lowest BCUT2D eigenvalue weighted by Crippen LogP contribution is -2.36. The van der Waals surface area contributed by atoms with Crippen molar-refractivity contribution in [2.24, 2.45) is 0 Å². The number of H-pyrrole nitrogens is 1. The third-order valence-electron chi connectivity index (χ3n) is 2.68. The minimum atomic E-state index is -0.505. The smallest absolute Gasteiger partial charge is 0.324 e. The van der Waals surface area contributed by atoms with Crippen molar-refractivity contribution in [2.75, 3.05) is 5.32 Å². The average molecular weight is 254 g/mol. The van der Waals surface area contributed by atoms with E-state index in [4.69, 9.17) is 0 Å². The molecule has 2 N–H and O–H groups in total. The molecule has 94 valence electrons. The van der Waals surface area contributed by atoms with Crippen molar-refractivity contribution < 1.29 is 9.52 Å². The van der Waals surface area contributed by atoms with E-state index < -0.39 is 5.91 Å². The highest BCUT2D eigenvalue weighted by atomic mass is 16.5. The fourth-order valence-electron chi connectivity index (χ4n) is 1.79. The van der Waals surface area contributed by atoms with E-state index in [0.717, 1.165) is 11.0 Å². The van der Waals surface area contributed by atoms with Crippen LogP contribution in [0.2, 0.25) is 0 Å². The number of fused-ring (bicyclic) bond motifs is 1. The monoisotopic (exact) mass is 254 g/mol. The van der Waals surface area contributed by atoms with Gasteiger partial charge in [-0.3, -0.25) is 10.1 Å². The molecule has 1 amide bonds.